The zero-order valence-electron chi connectivity index (χ0n) is 18.2. The molecule has 1 aliphatic heterocycles. The standard InChI is InChI=1S/C23H29N3O5/c1-22(2,28)18-11-17(26-31-18)23(20(27)29-3)12-24-21(30-23)25-19-15-8-4-6-13(15)10-14-7-5-9-16(14)19/h10-11,20,27-28H,4-9,12H2,1-3H3,(H,24,25). The number of nitrogens with one attached hydrogen (secondary N) is 1. The molecule has 0 saturated heterocycles. The van der Waals surface area contributed by atoms with Crippen molar-refractivity contribution in [2.24, 2.45) is 4.99 Å². The molecule has 0 saturated carbocycles. The number of ether oxygens (including phenoxy) is 2. The number of aryl methyl sites for hydroxylation is 2. The SMILES string of the molecule is COC(O)C1(c2cc(C(C)(C)O)on2)CN=C(Nc2c3c(cc4c2CCC4)CCC3)O1. The molecule has 2 aromatic rings. The number of aliphatic imine (C=N–C) groups is 1. The van der Waals surface area contributed by atoms with E-state index in [9.17, 15) is 10.2 Å². The third-order valence-electron chi connectivity index (χ3n) is 6.61. The predicted octanol–water partition coefficient (Wildman–Crippen LogP) is 2.54. The molecule has 0 fully saturated rings. The van der Waals surface area contributed by atoms with Crippen molar-refractivity contribution in [2.45, 2.75) is 69.9 Å². The van der Waals surface area contributed by atoms with E-state index >= 15 is 0 Å². The van der Waals surface area contributed by atoms with Gasteiger partial charge < -0.3 is 29.5 Å². The van der Waals surface area contributed by atoms with Crippen LogP contribution in [0.2, 0.25) is 0 Å². The summed E-state index contributed by atoms with van der Waals surface area (Å²) in [5, 5.41) is 28.4. The molecular formula is C23H29N3O5. The summed E-state index contributed by atoms with van der Waals surface area (Å²) in [6, 6.07) is 4.29. The van der Waals surface area contributed by atoms with Crippen LogP contribution in [-0.4, -0.2) is 41.3 Å². The number of hydrogen-bond donors (Lipinski definition) is 3. The highest BCUT2D eigenvalue weighted by molar-refractivity contribution is 5.93. The van der Waals surface area contributed by atoms with Crippen molar-refractivity contribution < 1.29 is 24.2 Å². The highest BCUT2D eigenvalue weighted by Crippen LogP contribution is 2.41. The molecule has 3 N–H and O–H groups in total. The van der Waals surface area contributed by atoms with E-state index in [2.05, 4.69) is 21.5 Å². The molecule has 2 unspecified atom stereocenters. The Bertz CT molecular complexity index is 1010. The molecule has 1 aromatic carbocycles. The quantitative estimate of drug-likeness (QED) is 0.629. The maximum atomic E-state index is 10.7. The Kier molecular flexibility index (Phi) is 4.84. The third kappa shape index (κ3) is 3.33. The second-order valence-corrected chi connectivity index (χ2v) is 9.20. The van der Waals surface area contributed by atoms with E-state index in [1.165, 1.54) is 29.4 Å². The molecule has 5 rings (SSSR count). The molecule has 166 valence electrons. The monoisotopic (exact) mass is 427 g/mol. The van der Waals surface area contributed by atoms with Crippen LogP contribution in [0.25, 0.3) is 0 Å². The molecular weight excluding hydrogens is 398 g/mol. The minimum Gasteiger partial charge on any atom is -0.444 e. The lowest BCUT2D eigenvalue weighted by Gasteiger charge is -2.30. The average Bonchev–Trinajstić information content (AvgIpc) is 3.51. The van der Waals surface area contributed by atoms with Gasteiger partial charge in [0.15, 0.2) is 5.76 Å². The summed E-state index contributed by atoms with van der Waals surface area (Å²) < 4.78 is 16.7. The number of methoxy groups -OCH3 is 1. The van der Waals surface area contributed by atoms with Gasteiger partial charge in [0, 0.05) is 18.9 Å². The molecule has 8 nitrogen and oxygen atoms in total. The molecule has 2 atom stereocenters. The first kappa shape index (κ1) is 20.5. The highest BCUT2D eigenvalue weighted by Gasteiger charge is 2.50. The Morgan fingerprint density at radius 2 is 1.81 bits per heavy atom. The van der Waals surface area contributed by atoms with Crippen molar-refractivity contribution in [2.75, 3.05) is 19.0 Å². The van der Waals surface area contributed by atoms with E-state index in [1.807, 2.05) is 0 Å². The fourth-order valence-electron chi connectivity index (χ4n) is 4.91. The molecule has 0 spiro atoms. The lowest BCUT2D eigenvalue weighted by molar-refractivity contribution is -0.189. The second-order valence-electron chi connectivity index (χ2n) is 9.20. The largest absolute Gasteiger partial charge is 0.444 e. The summed E-state index contributed by atoms with van der Waals surface area (Å²) in [7, 11) is 1.40. The van der Waals surface area contributed by atoms with E-state index in [-0.39, 0.29) is 12.3 Å². The average molecular weight is 428 g/mol. The molecule has 0 radical (unpaired) electrons. The van der Waals surface area contributed by atoms with Crippen molar-refractivity contribution in [3.05, 3.63) is 45.8 Å². The maximum absolute atomic E-state index is 10.7. The lowest BCUT2D eigenvalue weighted by atomic mass is 9.97. The Morgan fingerprint density at radius 1 is 1.13 bits per heavy atom. The van der Waals surface area contributed by atoms with E-state index in [0.29, 0.717) is 11.7 Å². The molecule has 31 heavy (non-hydrogen) atoms. The number of benzene rings is 1. The predicted molar refractivity (Wildman–Crippen MR) is 114 cm³/mol. The van der Waals surface area contributed by atoms with Crippen LogP contribution in [0.3, 0.4) is 0 Å². The van der Waals surface area contributed by atoms with Crippen molar-refractivity contribution in [1.82, 2.24) is 5.16 Å². The van der Waals surface area contributed by atoms with Gasteiger partial charge in [0.25, 0.3) is 6.02 Å². The number of aromatic nitrogens is 1. The van der Waals surface area contributed by atoms with Gasteiger partial charge in [-0.1, -0.05) is 11.2 Å². The molecule has 2 aliphatic carbocycles. The molecule has 0 bridgehead atoms. The van der Waals surface area contributed by atoms with Gasteiger partial charge in [-0.3, -0.25) is 0 Å². The number of amidine groups is 1. The van der Waals surface area contributed by atoms with Crippen LogP contribution in [-0.2, 0) is 46.4 Å². The van der Waals surface area contributed by atoms with Gasteiger partial charge in [-0.15, -0.1) is 0 Å². The fraction of sp³-hybridized carbons (Fsp3) is 0.565. The van der Waals surface area contributed by atoms with Gasteiger partial charge in [-0.2, -0.15) is 0 Å². The van der Waals surface area contributed by atoms with Gasteiger partial charge in [-0.25, -0.2) is 4.99 Å². The molecule has 1 aromatic heterocycles. The van der Waals surface area contributed by atoms with E-state index in [0.717, 1.165) is 44.2 Å². The highest BCUT2D eigenvalue weighted by atomic mass is 16.6. The summed E-state index contributed by atoms with van der Waals surface area (Å²) in [5.41, 5.74) is 4.39. The van der Waals surface area contributed by atoms with Crippen LogP contribution in [0.1, 0.15) is 60.4 Å². The number of aliphatic hydroxyl groups excluding tert-OH is 1. The summed E-state index contributed by atoms with van der Waals surface area (Å²) in [6.07, 6.45) is 5.30. The van der Waals surface area contributed by atoms with Crippen molar-refractivity contribution in [1.29, 1.82) is 0 Å². The zero-order valence-corrected chi connectivity index (χ0v) is 18.2. The third-order valence-corrected chi connectivity index (χ3v) is 6.61. The summed E-state index contributed by atoms with van der Waals surface area (Å²) in [6.45, 7) is 3.32. The molecule has 2 heterocycles. The molecule has 0 amide bonds. The van der Waals surface area contributed by atoms with E-state index < -0.39 is 17.5 Å². The van der Waals surface area contributed by atoms with Gasteiger partial charge in [-0.05, 0) is 74.6 Å². The van der Waals surface area contributed by atoms with Crippen LogP contribution >= 0.6 is 0 Å². The molecule has 3 aliphatic rings. The number of hydrogen-bond acceptors (Lipinski definition) is 8. The summed E-state index contributed by atoms with van der Waals surface area (Å²) >= 11 is 0. The minimum absolute atomic E-state index is 0.111. The van der Waals surface area contributed by atoms with Crippen LogP contribution < -0.4 is 5.32 Å². The van der Waals surface area contributed by atoms with Gasteiger partial charge >= 0.3 is 0 Å². The van der Waals surface area contributed by atoms with Crippen LogP contribution in [0, 0.1) is 0 Å². The van der Waals surface area contributed by atoms with Crippen molar-refractivity contribution >= 4 is 11.7 Å². The number of aliphatic hydroxyl groups is 2. The van der Waals surface area contributed by atoms with Gasteiger partial charge in [0.2, 0.25) is 11.9 Å². The zero-order chi connectivity index (χ0) is 21.8. The lowest BCUT2D eigenvalue weighted by Crippen LogP contribution is -2.45. The van der Waals surface area contributed by atoms with E-state index in [1.54, 1.807) is 19.9 Å². The number of anilines is 1. The van der Waals surface area contributed by atoms with Crippen LogP contribution in [0.4, 0.5) is 5.69 Å². The summed E-state index contributed by atoms with van der Waals surface area (Å²) in [4.78, 5) is 4.55. The van der Waals surface area contributed by atoms with Crippen molar-refractivity contribution in [3.63, 3.8) is 0 Å². The smallest absolute Gasteiger partial charge is 0.290 e. The van der Waals surface area contributed by atoms with Gasteiger partial charge in [0.1, 0.15) is 11.3 Å². The second kappa shape index (κ2) is 7.32. The topological polar surface area (TPSA) is 109 Å². The Labute approximate surface area is 181 Å². The Hall–Kier alpha value is -2.42. The number of nitrogens with zero attached hydrogens (tertiary/aromatic N) is 2. The Balaban J connectivity index is 1.46. The maximum Gasteiger partial charge on any atom is 0.290 e. The number of fused-ring (bicyclic) bond motifs is 2. The van der Waals surface area contributed by atoms with Crippen LogP contribution in [0.5, 0.6) is 0 Å². The normalized spacial score (nSPS) is 23.3. The van der Waals surface area contributed by atoms with E-state index in [4.69, 9.17) is 14.0 Å². The Morgan fingerprint density at radius 3 is 2.39 bits per heavy atom. The summed E-state index contributed by atoms with van der Waals surface area (Å²) in [5.74, 6) is 0.272. The fourth-order valence-corrected chi connectivity index (χ4v) is 4.91. The minimum atomic E-state index is -1.36. The van der Waals surface area contributed by atoms with Crippen LogP contribution in [0.15, 0.2) is 21.6 Å². The van der Waals surface area contributed by atoms with Gasteiger partial charge in [0.05, 0.1) is 6.54 Å². The van der Waals surface area contributed by atoms with Crippen molar-refractivity contribution in [3.8, 4) is 0 Å². The first-order valence-corrected chi connectivity index (χ1v) is 10.9. The first-order valence-electron chi connectivity index (χ1n) is 10.9. The molecule has 8 heteroatoms. The first-order chi connectivity index (χ1) is 14.8. The number of rotatable bonds is 5.